The highest BCUT2D eigenvalue weighted by Crippen LogP contribution is 2.27. The van der Waals surface area contributed by atoms with Gasteiger partial charge in [-0.25, -0.2) is 0 Å². The highest BCUT2D eigenvalue weighted by molar-refractivity contribution is 6.32. The van der Waals surface area contributed by atoms with Gasteiger partial charge in [-0.15, -0.1) is 0 Å². The average molecular weight is 387 g/mol. The van der Waals surface area contributed by atoms with E-state index in [1.807, 2.05) is 4.90 Å². The monoisotopic (exact) mass is 386 g/mol. The highest BCUT2D eigenvalue weighted by Gasteiger charge is 2.22. The number of anilines is 1. The Morgan fingerprint density at radius 1 is 1.11 bits per heavy atom. The van der Waals surface area contributed by atoms with Crippen LogP contribution >= 0.6 is 11.6 Å². The Morgan fingerprint density at radius 3 is 2.48 bits per heavy atom. The molecule has 0 aliphatic carbocycles. The van der Waals surface area contributed by atoms with E-state index in [0.717, 1.165) is 25.9 Å². The van der Waals surface area contributed by atoms with Crippen molar-refractivity contribution in [1.82, 2.24) is 4.90 Å². The van der Waals surface area contributed by atoms with Crippen LogP contribution in [0.25, 0.3) is 0 Å². The first-order valence-electron chi connectivity index (χ1n) is 9.02. The van der Waals surface area contributed by atoms with Gasteiger partial charge in [-0.05, 0) is 55.2 Å². The molecule has 0 unspecified atom stereocenters. The lowest BCUT2D eigenvalue weighted by molar-refractivity contribution is 0.0697. The van der Waals surface area contributed by atoms with E-state index in [1.54, 1.807) is 42.5 Å². The zero-order valence-corrected chi connectivity index (χ0v) is 16.3. The number of rotatable bonds is 4. The summed E-state index contributed by atoms with van der Waals surface area (Å²) in [6.45, 7) is 3.74. The molecule has 1 aliphatic rings. The van der Waals surface area contributed by atoms with Crippen LogP contribution < -0.4 is 10.1 Å². The minimum absolute atomic E-state index is 0.0240. The molecule has 1 saturated heterocycles. The number of ether oxygens (including phenoxy) is 1. The van der Waals surface area contributed by atoms with Gasteiger partial charge < -0.3 is 15.0 Å². The maximum Gasteiger partial charge on any atom is 0.255 e. The van der Waals surface area contributed by atoms with Gasteiger partial charge >= 0.3 is 0 Å². The molecule has 1 aliphatic heterocycles. The molecule has 0 radical (unpaired) electrons. The molecule has 2 amide bonds. The van der Waals surface area contributed by atoms with Gasteiger partial charge in [-0.1, -0.05) is 24.6 Å². The maximum atomic E-state index is 12.7. The minimum atomic E-state index is -0.293. The largest absolute Gasteiger partial charge is 0.495 e. The van der Waals surface area contributed by atoms with Crippen molar-refractivity contribution in [3.8, 4) is 5.75 Å². The number of nitrogens with zero attached hydrogens (tertiary/aromatic N) is 1. The van der Waals surface area contributed by atoms with Gasteiger partial charge in [0.15, 0.2) is 0 Å². The Morgan fingerprint density at radius 2 is 1.81 bits per heavy atom. The quantitative estimate of drug-likeness (QED) is 0.843. The number of benzene rings is 2. The first kappa shape index (κ1) is 19.2. The van der Waals surface area contributed by atoms with Crippen molar-refractivity contribution in [3.63, 3.8) is 0 Å². The van der Waals surface area contributed by atoms with Gasteiger partial charge in [-0.2, -0.15) is 0 Å². The predicted octanol–water partition coefficient (Wildman–Crippen LogP) is 4.47. The molecule has 1 heterocycles. The number of hydrogen-bond acceptors (Lipinski definition) is 3. The van der Waals surface area contributed by atoms with Gasteiger partial charge in [0.05, 0.1) is 12.1 Å². The molecule has 2 aromatic rings. The summed E-state index contributed by atoms with van der Waals surface area (Å²) in [5, 5.41) is 3.21. The van der Waals surface area contributed by atoms with Crippen molar-refractivity contribution in [2.45, 2.75) is 19.8 Å². The lowest BCUT2D eigenvalue weighted by Gasteiger charge is -2.30. The molecule has 1 fully saturated rings. The lowest BCUT2D eigenvalue weighted by atomic mass is 9.98. The number of halogens is 1. The third kappa shape index (κ3) is 4.61. The molecule has 2 aromatic carbocycles. The van der Waals surface area contributed by atoms with Crippen LogP contribution in [0.5, 0.6) is 5.75 Å². The molecular formula is C21H23ClN2O3. The number of likely N-dealkylation sites (tertiary alicyclic amines) is 1. The highest BCUT2D eigenvalue weighted by atomic mass is 35.5. The second-order valence-electron chi connectivity index (χ2n) is 6.86. The molecule has 142 valence electrons. The van der Waals surface area contributed by atoms with Crippen LogP contribution in [0.15, 0.2) is 42.5 Å². The Balaban J connectivity index is 1.72. The van der Waals surface area contributed by atoms with Crippen LogP contribution in [0.4, 0.5) is 5.69 Å². The van der Waals surface area contributed by atoms with Crippen molar-refractivity contribution in [3.05, 3.63) is 58.6 Å². The summed E-state index contributed by atoms with van der Waals surface area (Å²) in [5.74, 6) is 0.878. The van der Waals surface area contributed by atoms with E-state index in [2.05, 4.69) is 12.2 Å². The van der Waals surface area contributed by atoms with Gasteiger partial charge in [0.2, 0.25) is 0 Å². The molecule has 0 aromatic heterocycles. The minimum Gasteiger partial charge on any atom is -0.495 e. The van der Waals surface area contributed by atoms with Crippen LogP contribution in [0, 0.1) is 5.92 Å². The summed E-state index contributed by atoms with van der Waals surface area (Å²) in [6, 6.07) is 11.8. The molecule has 0 atom stereocenters. The SMILES string of the molecule is COc1ccc(NC(=O)c2cccc(C(=O)N3CCC(C)CC3)c2)cc1Cl. The summed E-state index contributed by atoms with van der Waals surface area (Å²) in [4.78, 5) is 27.1. The van der Waals surface area contributed by atoms with Crippen LogP contribution in [0.2, 0.25) is 5.02 Å². The summed E-state index contributed by atoms with van der Waals surface area (Å²) in [6.07, 6.45) is 2.04. The van der Waals surface area contributed by atoms with Crippen molar-refractivity contribution < 1.29 is 14.3 Å². The predicted molar refractivity (Wildman–Crippen MR) is 107 cm³/mol. The second-order valence-corrected chi connectivity index (χ2v) is 7.27. The normalized spacial score (nSPS) is 14.7. The molecule has 1 N–H and O–H groups in total. The number of carbonyl (C=O) groups excluding carboxylic acids is 2. The Bertz CT molecular complexity index is 845. The Kier molecular flexibility index (Phi) is 6.01. The van der Waals surface area contributed by atoms with Gasteiger partial charge in [0.1, 0.15) is 5.75 Å². The van der Waals surface area contributed by atoms with E-state index in [9.17, 15) is 9.59 Å². The van der Waals surface area contributed by atoms with E-state index < -0.39 is 0 Å². The number of hydrogen-bond donors (Lipinski definition) is 1. The summed E-state index contributed by atoms with van der Waals surface area (Å²) in [7, 11) is 1.53. The first-order chi connectivity index (χ1) is 13.0. The molecule has 0 saturated carbocycles. The number of nitrogens with one attached hydrogen (secondary N) is 1. The van der Waals surface area contributed by atoms with Crippen LogP contribution in [0.3, 0.4) is 0 Å². The van der Waals surface area contributed by atoms with E-state index in [4.69, 9.17) is 16.3 Å². The number of amides is 2. The fourth-order valence-electron chi connectivity index (χ4n) is 3.14. The molecule has 5 nitrogen and oxygen atoms in total. The zero-order valence-electron chi connectivity index (χ0n) is 15.5. The molecule has 3 rings (SSSR count). The summed E-state index contributed by atoms with van der Waals surface area (Å²) < 4.78 is 5.11. The van der Waals surface area contributed by atoms with Crippen molar-refractivity contribution in [1.29, 1.82) is 0 Å². The standard InChI is InChI=1S/C21H23ClN2O3/c1-14-8-10-24(11-9-14)21(26)16-5-3-4-15(12-16)20(25)23-17-6-7-19(27-2)18(22)13-17/h3-7,12-14H,8-11H2,1-2H3,(H,23,25). The number of methoxy groups -OCH3 is 1. The van der Waals surface area contributed by atoms with E-state index in [-0.39, 0.29) is 11.8 Å². The number of piperidine rings is 1. The van der Waals surface area contributed by atoms with Crippen LogP contribution in [-0.2, 0) is 0 Å². The van der Waals surface area contributed by atoms with Crippen LogP contribution in [0.1, 0.15) is 40.5 Å². The zero-order chi connectivity index (χ0) is 19.4. The fraction of sp³-hybridized carbons (Fsp3) is 0.333. The van der Waals surface area contributed by atoms with Crippen molar-refractivity contribution in [2.75, 3.05) is 25.5 Å². The van der Waals surface area contributed by atoms with Gasteiger partial charge in [0.25, 0.3) is 11.8 Å². The third-order valence-corrected chi connectivity index (χ3v) is 5.15. The molecule has 0 bridgehead atoms. The fourth-order valence-corrected chi connectivity index (χ4v) is 3.39. The molecule has 6 heteroatoms. The lowest BCUT2D eigenvalue weighted by Crippen LogP contribution is -2.38. The molecular weight excluding hydrogens is 364 g/mol. The van der Waals surface area contributed by atoms with E-state index in [1.165, 1.54) is 7.11 Å². The summed E-state index contributed by atoms with van der Waals surface area (Å²) >= 11 is 6.10. The van der Waals surface area contributed by atoms with Gasteiger partial charge in [0, 0.05) is 29.9 Å². The number of carbonyl (C=O) groups is 2. The molecule has 0 spiro atoms. The van der Waals surface area contributed by atoms with Crippen LogP contribution in [-0.4, -0.2) is 36.9 Å². The average Bonchev–Trinajstić information content (AvgIpc) is 2.68. The van der Waals surface area contributed by atoms with Crippen molar-refractivity contribution in [2.24, 2.45) is 5.92 Å². The maximum absolute atomic E-state index is 12.7. The van der Waals surface area contributed by atoms with E-state index in [0.29, 0.717) is 33.5 Å². The molecule has 27 heavy (non-hydrogen) atoms. The smallest absolute Gasteiger partial charge is 0.255 e. The first-order valence-corrected chi connectivity index (χ1v) is 9.40. The van der Waals surface area contributed by atoms with Crippen molar-refractivity contribution >= 4 is 29.1 Å². The van der Waals surface area contributed by atoms with E-state index >= 15 is 0 Å². The Hall–Kier alpha value is -2.53. The van der Waals surface area contributed by atoms with Gasteiger partial charge in [-0.3, -0.25) is 9.59 Å². The topological polar surface area (TPSA) is 58.6 Å². The Labute approximate surface area is 164 Å². The summed E-state index contributed by atoms with van der Waals surface area (Å²) in [5.41, 5.74) is 1.52. The second kappa shape index (κ2) is 8.44. The third-order valence-electron chi connectivity index (χ3n) is 4.85.